The third-order valence-electron chi connectivity index (χ3n) is 5.63. The zero-order valence-electron chi connectivity index (χ0n) is 16.7. The third-order valence-corrected chi connectivity index (χ3v) is 7.55. The van der Waals surface area contributed by atoms with Crippen molar-refractivity contribution in [3.8, 4) is 0 Å². The molecule has 0 unspecified atom stereocenters. The first kappa shape index (κ1) is 20.2. The van der Waals surface area contributed by atoms with E-state index in [1.807, 2.05) is 30.3 Å². The van der Waals surface area contributed by atoms with E-state index in [0.717, 1.165) is 38.1 Å². The maximum absolute atomic E-state index is 13.2. The van der Waals surface area contributed by atoms with Crippen molar-refractivity contribution in [1.82, 2.24) is 4.98 Å². The third kappa shape index (κ3) is 4.03. The zero-order chi connectivity index (χ0) is 19.6. The van der Waals surface area contributed by atoms with E-state index in [-0.39, 0.29) is 5.24 Å². The number of rotatable bonds is 5. The molecule has 0 spiro atoms. The molecule has 0 aliphatic carbocycles. The van der Waals surface area contributed by atoms with Crippen molar-refractivity contribution < 1.29 is 9.28 Å². The van der Waals surface area contributed by atoms with Gasteiger partial charge in [-0.2, -0.15) is 0 Å². The summed E-state index contributed by atoms with van der Waals surface area (Å²) in [6.45, 7) is 9.98. The quantitative estimate of drug-likeness (QED) is 0.592. The highest BCUT2D eigenvalue weighted by molar-refractivity contribution is 8.14. The molecule has 0 atom stereocenters. The molecule has 1 aromatic carbocycles. The molecular weight excluding hydrogens is 374 g/mol. The number of carbonyl (C=O) groups excluding carboxylic acids is 1. The standard InChI is InChI=1S/C21H28N3OS2/c1-15(2)24(5,16(3)4)13-14-26-21(25)23-17-9-6-7-10-18(17)27-19-11-8-12-22-20(19)23/h6-12,15-16H,13-14H2,1-5H3/q+1. The Morgan fingerprint density at radius 2 is 1.78 bits per heavy atom. The SMILES string of the molecule is CC(C)[N+](C)(CCSC(=O)N1c2ccccc2Sc2cccnc21)C(C)C. The van der Waals surface area contributed by atoms with Crippen LogP contribution < -0.4 is 4.90 Å². The van der Waals surface area contributed by atoms with Crippen molar-refractivity contribution in [1.29, 1.82) is 0 Å². The maximum atomic E-state index is 13.2. The van der Waals surface area contributed by atoms with Crippen LogP contribution >= 0.6 is 23.5 Å². The Hall–Kier alpha value is -1.50. The molecule has 1 aliphatic rings. The number of hydrogen-bond acceptors (Lipinski definition) is 4. The van der Waals surface area contributed by atoms with E-state index in [4.69, 9.17) is 0 Å². The van der Waals surface area contributed by atoms with E-state index in [1.54, 1.807) is 22.9 Å². The highest BCUT2D eigenvalue weighted by Crippen LogP contribution is 2.47. The summed E-state index contributed by atoms with van der Waals surface area (Å²) >= 11 is 3.06. The number of pyridine rings is 1. The van der Waals surface area contributed by atoms with Crippen LogP contribution in [-0.4, -0.2) is 46.1 Å². The molecular formula is C21H28N3OS2+. The van der Waals surface area contributed by atoms with Crippen molar-refractivity contribution in [2.45, 2.75) is 49.6 Å². The number of hydrogen-bond donors (Lipinski definition) is 0. The maximum Gasteiger partial charge on any atom is 0.292 e. The highest BCUT2D eigenvalue weighted by atomic mass is 32.2. The lowest BCUT2D eigenvalue weighted by Crippen LogP contribution is -2.55. The predicted octanol–water partition coefficient (Wildman–Crippen LogP) is 5.80. The first-order valence-electron chi connectivity index (χ1n) is 9.38. The zero-order valence-corrected chi connectivity index (χ0v) is 18.3. The van der Waals surface area contributed by atoms with Gasteiger partial charge in [-0.1, -0.05) is 35.7 Å². The van der Waals surface area contributed by atoms with E-state index in [9.17, 15) is 4.79 Å². The predicted molar refractivity (Wildman–Crippen MR) is 116 cm³/mol. The van der Waals surface area contributed by atoms with Crippen molar-refractivity contribution in [3.63, 3.8) is 0 Å². The molecule has 4 nitrogen and oxygen atoms in total. The molecule has 144 valence electrons. The van der Waals surface area contributed by atoms with E-state index in [1.165, 1.54) is 11.8 Å². The molecule has 2 heterocycles. The Morgan fingerprint density at radius 1 is 1.11 bits per heavy atom. The van der Waals surface area contributed by atoms with E-state index in [0.29, 0.717) is 12.1 Å². The normalized spacial score (nSPS) is 13.7. The molecule has 0 fully saturated rings. The number of carbonyl (C=O) groups is 1. The lowest BCUT2D eigenvalue weighted by atomic mass is 10.2. The minimum Gasteiger partial charge on any atom is -0.321 e. The number of quaternary nitrogens is 1. The Labute approximate surface area is 170 Å². The molecule has 27 heavy (non-hydrogen) atoms. The topological polar surface area (TPSA) is 33.2 Å². The lowest BCUT2D eigenvalue weighted by Gasteiger charge is -2.42. The number of anilines is 2. The number of amides is 1. The van der Waals surface area contributed by atoms with Crippen molar-refractivity contribution in [2.24, 2.45) is 0 Å². The van der Waals surface area contributed by atoms with Gasteiger partial charge >= 0.3 is 0 Å². The van der Waals surface area contributed by atoms with Gasteiger partial charge in [-0.05, 0) is 52.0 Å². The number of fused-ring (bicyclic) bond motifs is 2. The monoisotopic (exact) mass is 402 g/mol. The van der Waals surface area contributed by atoms with Crippen LogP contribution in [0.25, 0.3) is 0 Å². The molecule has 1 amide bonds. The fraction of sp³-hybridized carbons (Fsp3) is 0.429. The number of para-hydroxylation sites is 1. The van der Waals surface area contributed by atoms with Gasteiger partial charge in [0.2, 0.25) is 0 Å². The fourth-order valence-corrected chi connectivity index (χ4v) is 5.28. The number of benzene rings is 1. The van der Waals surface area contributed by atoms with Gasteiger partial charge in [-0.3, -0.25) is 9.69 Å². The minimum atomic E-state index is 0.0433. The summed E-state index contributed by atoms with van der Waals surface area (Å²) in [6, 6.07) is 13.0. The minimum absolute atomic E-state index is 0.0433. The molecule has 3 rings (SSSR count). The average Bonchev–Trinajstić information content (AvgIpc) is 2.65. The second-order valence-corrected chi connectivity index (χ2v) is 9.73. The van der Waals surface area contributed by atoms with Gasteiger partial charge in [0, 0.05) is 11.1 Å². The molecule has 0 saturated heterocycles. The molecule has 0 saturated carbocycles. The van der Waals surface area contributed by atoms with Crippen molar-refractivity contribution in [3.05, 3.63) is 42.6 Å². The molecule has 0 N–H and O–H groups in total. The van der Waals surface area contributed by atoms with Gasteiger partial charge < -0.3 is 4.48 Å². The van der Waals surface area contributed by atoms with Crippen LogP contribution in [0, 0.1) is 0 Å². The van der Waals surface area contributed by atoms with E-state index >= 15 is 0 Å². The summed E-state index contributed by atoms with van der Waals surface area (Å²) in [6.07, 6.45) is 1.75. The Balaban J connectivity index is 1.79. The van der Waals surface area contributed by atoms with Crippen LogP contribution in [-0.2, 0) is 0 Å². The van der Waals surface area contributed by atoms with Gasteiger partial charge in [-0.25, -0.2) is 4.98 Å². The Kier molecular flexibility index (Phi) is 6.18. The molecule has 1 aromatic heterocycles. The Morgan fingerprint density at radius 3 is 2.48 bits per heavy atom. The van der Waals surface area contributed by atoms with Crippen molar-refractivity contribution >= 4 is 40.3 Å². The summed E-state index contributed by atoms with van der Waals surface area (Å²) in [5.74, 6) is 1.53. The van der Waals surface area contributed by atoms with Crippen LogP contribution in [0.1, 0.15) is 27.7 Å². The number of nitrogens with zero attached hydrogens (tertiary/aromatic N) is 3. The molecule has 0 radical (unpaired) electrons. The van der Waals surface area contributed by atoms with E-state index < -0.39 is 0 Å². The summed E-state index contributed by atoms with van der Waals surface area (Å²) in [7, 11) is 2.28. The fourth-order valence-electron chi connectivity index (χ4n) is 3.28. The Bertz CT molecular complexity index is 769. The molecule has 6 heteroatoms. The second kappa shape index (κ2) is 8.25. The van der Waals surface area contributed by atoms with Crippen LogP contribution in [0.5, 0.6) is 0 Å². The van der Waals surface area contributed by atoms with Crippen LogP contribution in [0.15, 0.2) is 52.4 Å². The van der Waals surface area contributed by atoms with Crippen LogP contribution in [0.2, 0.25) is 0 Å². The first-order valence-corrected chi connectivity index (χ1v) is 11.2. The highest BCUT2D eigenvalue weighted by Gasteiger charge is 2.32. The van der Waals surface area contributed by atoms with E-state index in [2.05, 4.69) is 45.8 Å². The smallest absolute Gasteiger partial charge is 0.292 e. The van der Waals surface area contributed by atoms with Gasteiger partial charge in [0.15, 0.2) is 5.82 Å². The summed E-state index contributed by atoms with van der Waals surface area (Å²) in [5, 5.41) is 0.0433. The molecule has 2 aromatic rings. The average molecular weight is 403 g/mol. The van der Waals surface area contributed by atoms with Gasteiger partial charge in [0.05, 0.1) is 42.0 Å². The number of thioether (sulfide) groups is 1. The summed E-state index contributed by atoms with van der Waals surface area (Å²) in [5.41, 5.74) is 0.927. The lowest BCUT2D eigenvalue weighted by molar-refractivity contribution is -0.947. The number of aromatic nitrogens is 1. The van der Waals surface area contributed by atoms with Gasteiger partial charge in [0.25, 0.3) is 5.24 Å². The molecule has 1 aliphatic heterocycles. The second-order valence-electron chi connectivity index (χ2n) is 7.60. The van der Waals surface area contributed by atoms with Crippen molar-refractivity contribution in [2.75, 3.05) is 24.2 Å². The summed E-state index contributed by atoms with van der Waals surface area (Å²) in [4.78, 5) is 21.6. The largest absolute Gasteiger partial charge is 0.321 e. The molecule has 0 bridgehead atoms. The summed E-state index contributed by atoms with van der Waals surface area (Å²) < 4.78 is 0.960. The first-order chi connectivity index (χ1) is 12.8. The van der Waals surface area contributed by atoms with Crippen LogP contribution in [0.4, 0.5) is 16.3 Å². The van der Waals surface area contributed by atoms with Gasteiger partial charge in [-0.15, -0.1) is 0 Å². The van der Waals surface area contributed by atoms with Gasteiger partial charge in [0.1, 0.15) is 0 Å². The van der Waals surface area contributed by atoms with Crippen LogP contribution in [0.3, 0.4) is 0 Å².